The highest BCUT2D eigenvalue weighted by atomic mass is 16.4. The lowest BCUT2D eigenvalue weighted by atomic mass is 10.3. The molecular weight excluding hydrogens is 154 g/mol. The van der Waals surface area contributed by atoms with E-state index < -0.39 is 0 Å². The average molecular weight is 163 g/mol. The number of anilines is 1. The van der Waals surface area contributed by atoms with Gasteiger partial charge in [-0.15, -0.1) is 0 Å². The number of hydrogen-bond donors (Lipinski definition) is 2. The minimum Gasteiger partial charge on any atom is -0.411 e. The van der Waals surface area contributed by atoms with Gasteiger partial charge in [-0.05, 0) is 12.1 Å². The second kappa shape index (κ2) is 4.90. The van der Waals surface area contributed by atoms with Gasteiger partial charge in [0.2, 0.25) is 0 Å². The molecule has 12 heavy (non-hydrogen) atoms. The lowest BCUT2D eigenvalue weighted by Gasteiger charge is -1.95. The van der Waals surface area contributed by atoms with Crippen LogP contribution in [-0.4, -0.2) is 17.6 Å². The van der Waals surface area contributed by atoms with Crippen molar-refractivity contribution in [1.29, 1.82) is 0 Å². The first kappa shape index (κ1) is 8.26. The van der Waals surface area contributed by atoms with Crippen molar-refractivity contribution in [3.63, 3.8) is 0 Å². The zero-order valence-corrected chi connectivity index (χ0v) is 6.38. The lowest BCUT2D eigenvalue weighted by Crippen LogP contribution is -1.88. The van der Waals surface area contributed by atoms with Crippen molar-refractivity contribution >= 4 is 18.1 Å². The standard InChI is InChI=1S/C8H9N3O/c12-10-7-6-9-11-8-4-2-1-3-5-8/h1-7,11-12H. The molecule has 2 N–H and O–H groups in total. The summed E-state index contributed by atoms with van der Waals surface area (Å²) in [5, 5.41) is 14.5. The van der Waals surface area contributed by atoms with E-state index in [-0.39, 0.29) is 0 Å². The number of para-hydroxylation sites is 1. The van der Waals surface area contributed by atoms with E-state index in [0.717, 1.165) is 5.69 Å². The zero-order valence-electron chi connectivity index (χ0n) is 6.38. The molecule has 1 aromatic rings. The molecule has 0 aliphatic heterocycles. The Kier molecular flexibility index (Phi) is 3.37. The maximum atomic E-state index is 8.01. The molecule has 0 aliphatic rings. The second-order valence-corrected chi connectivity index (χ2v) is 2.02. The smallest absolute Gasteiger partial charge is 0.0862 e. The normalized spacial score (nSPS) is 11.0. The molecule has 62 valence electrons. The van der Waals surface area contributed by atoms with E-state index in [4.69, 9.17) is 5.21 Å². The van der Waals surface area contributed by atoms with Crippen molar-refractivity contribution in [3.05, 3.63) is 30.3 Å². The predicted octanol–water partition coefficient (Wildman–Crippen LogP) is 1.54. The Bertz CT molecular complexity index is 269. The second-order valence-electron chi connectivity index (χ2n) is 2.02. The van der Waals surface area contributed by atoms with Crippen molar-refractivity contribution in [2.45, 2.75) is 0 Å². The molecule has 0 spiro atoms. The van der Waals surface area contributed by atoms with Crippen molar-refractivity contribution in [2.75, 3.05) is 5.43 Å². The summed E-state index contributed by atoms with van der Waals surface area (Å²) in [4.78, 5) is 0. The maximum Gasteiger partial charge on any atom is 0.0862 e. The molecule has 0 aliphatic carbocycles. The number of hydrazone groups is 1. The summed E-state index contributed by atoms with van der Waals surface area (Å²) in [5.74, 6) is 0. The van der Waals surface area contributed by atoms with Gasteiger partial charge < -0.3 is 5.21 Å². The average Bonchev–Trinajstić information content (AvgIpc) is 2.14. The summed E-state index contributed by atoms with van der Waals surface area (Å²) in [6.45, 7) is 0. The van der Waals surface area contributed by atoms with Crippen LogP contribution in [0.3, 0.4) is 0 Å². The molecule has 0 saturated carbocycles. The maximum absolute atomic E-state index is 8.01. The molecule has 0 radical (unpaired) electrons. The van der Waals surface area contributed by atoms with Gasteiger partial charge in [0, 0.05) is 0 Å². The SMILES string of the molecule is ON=CC=NNc1ccccc1. The van der Waals surface area contributed by atoms with Gasteiger partial charge in [0.1, 0.15) is 0 Å². The van der Waals surface area contributed by atoms with Crippen LogP contribution in [0.1, 0.15) is 0 Å². The van der Waals surface area contributed by atoms with Crippen molar-refractivity contribution < 1.29 is 5.21 Å². The number of oxime groups is 1. The van der Waals surface area contributed by atoms with Crippen LogP contribution < -0.4 is 5.43 Å². The molecule has 1 aromatic carbocycles. The molecule has 0 saturated heterocycles. The Balaban J connectivity index is 2.43. The highest BCUT2D eigenvalue weighted by Gasteiger charge is 1.82. The fraction of sp³-hybridized carbons (Fsp3) is 0. The van der Waals surface area contributed by atoms with Crippen LogP contribution >= 0.6 is 0 Å². The van der Waals surface area contributed by atoms with E-state index in [1.165, 1.54) is 12.4 Å². The van der Waals surface area contributed by atoms with Gasteiger partial charge in [0.25, 0.3) is 0 Å². The molecule has 0 amide bonds. The first-order valence-electron chi connectivity index (χ1n) is 3.43. The lowest BCUT2D eigenvalue weighted by molar-refractivity contribution is 0.322. The third-order valence-corrected chi connectivity index (χ3v) is 1.18. The van der Waals surface area contributed by atoms with Gasteiger partial charge in [-0.3, -0.25) is 5.43 Å². The van der Waals surface area contributed by atoms with E-state index in [9.17, 15) is 0 Å². The molecule has 0 fully saturated rings. The Morgan fingerprint density at radius 2 is 1.92 bits per heavy atom. The van der Waals surface area contributed by atoms with Crippen molar-refractivity contribution in [3.8, 4) is 0 Å². The monoisotopic (exact) mass is 163 g/mol. The van der Waals surface area contributed by atoms with Gasteiger partial charge in [-0.25, -0.2) is 0 Å². The van der Waals surface area contributed by atoms with E-state index in [2.05, 4.69) is 15.7 Å². The summed E-state index contributed by atoms with van der Waals surface area (Å²) in [6, 6.07) is 9.49. The number of rotatable bonds is 3. The summed E-state index contributed by atoms with van der Waals surface area (Å²) in [6.07, 6.45) is 2.53. The van der Waals surface area contributed by atoms with Gasteiger partial charge in [0.15, 0.2) is 0 Å². The highest BCUT2D eigenvalue weighted by Crippen LogP contribution is 2.03. The van der Waals surface area contributed by atoms with Gasteiger partial charge in [0.05, 0.1) is 18.1 Å². The largest absolute Gasteiger partial charge is 0.411 e. The quantitative estimate of drug-likeness (QED) is 0.403. The third kappa shape index (κ3) is 2.83. The van der Waals surface area contributed by atoms with E-state index >= 15 is 0 Å². The highest BCUT2D eigenvalue weighted by molar-refractivity contribution is 6.15. The Labute approximate surface area is 70.2 Å². The topological polar surface area (TPSA) is 57.0 Å². The van der Waals surface area contributed by atoms with Crippen LogP contribution in [0.4, 0.5) is 5.69 Å². The zero-order chi connectivity index (χ0) is 8.65. The Morgan fingerprint density at radius 3 is 2.58 bits per heavy atom. The number of hydrogen-bond acceptors (Lipinski definition) is 4. The summed E-state index contributed by atoms with van der Waals surface area (Å²) < 4.78 is 0. The van der Waals surface area contributed by atoms with Gasteiger partial charge >= 0.3 is 0 Å². The molecule has 4 heteroatoms. The minimum absolute atomic E-state index is 0.889. The summed E-state index contributed by atoms with van der Waals surface area (Å²) in [5.41, 5.74) is 3.64. The molecule has 0 aromatic heterocycles. The molecule has 0 bridgehead atoms. The van der Waals surface area contributed by atoms with Crippen molar-refractivity contribution in [1.82, 2.24) is 0 Å². The molecule has 0 atom stereocenters. The first-order chi connectivity index (χ1) is 5.93. The molecule has 4 nitrogen and oxygen atoms in total. The van der Waals surface area contributed by atoms with Crippen LogP contribution in [0.25, 0.3) is 0 Å². The van der Waals surface area contributed by atoms with Crippen molar-refractivity contribution in [2.24, 2.45) is 10.3 Å². The molecular formula is C8H9N3O. The minimum atomic E-state index is 0.889. The number of nitrogens with zero attached hydrogens (tertiary/aromatic N) is 2. The fourth-order valence-corrected chi connectivity index (χ4v) is 0.688. The summed E-state index contributed by atoms with van der Waals surface area (Å²) >= 11 is 0. The van der Waals surface area contributed by atoms with Crippen LogP contribution in [0.2, 0.25) is 0 Å². The molecule has 1 rings (SSSR count). The predicted molar refractivity (Wildman–Crippen MR) is 48.8 cm³/mol. The molecule has 0 unspecified atom stereocenters. The Hall–Kier alpha value is -1.84. The third-order valence-electron chi connectivity index (χ3n) is 1.18. The van der Waals surface area contributed by atoms with E-state index in [1.54, 1.807) is 0 Å². The van der Waals surface area contributed by atoms with Gasteiger partial charge in [-0.2, -0.15) is 5.10 Å². The van der Waals surface area contributed by atoms with Crippen LogP contribution in [-0.2, 0) is 0 Å². The van der Waals surface area contributed by atoms with Crippen LogP contribution in [0.5, 0.6) is 0 Å². The number of nitrogens with one attached hydrogen (secondary N) is 1. The first-order valence-corrected chi connectivity index (χ1v) is 3.43. The van der Waals surface area contributed by atoms with E-state index in [0.29, 0.717) is 0 Å². The fourth-order valence-electron chi connectivity index (χ4n) is 0.688. The number of benzene rings is 1. The van der Waals surface area contributed by atoms with E-state index in [1.807, 2.05) is 30.3 Å². The van der Waals surface area contributed by atoms with Gasteiger partial charge in [-0.1, -0.05) is 23.4 Å². The van der Waals surface area contributed by atoms with Crippen LogP contribution in [0.15, 0.2) is 40.6 Å². The Morgan fingerprint density at radius 1 is 1.17 bits per heavy atom. The van der Waals surface area contributed by atoms with Crippen LogP contribution in [0, 0.1) is 0 Å². The molecule has 0 heterocycles. The summed E-state index contributed by atoms with van der Waals surface area (Å²) in [7, 11) is 0.